The zero-order valence-corrected chi connectivity index (χ0v) is 9.03. The third-order valence-corrected chi connectivity index (χ3v) is 2.12. The molecule has 16 heavy (non-hydrogen) atoms. The molecule has 0 saturated carbocycles. The number of hydrogen-bond donors (Lipinski definition) is 2. The number of carbonyl (C=O) groups is 1. The van der Waals surface area contributed by atoms with Crippen LogP contribution in [0.2, 0.25) is 5.02 Å². The number of nitrogens with two attached hydrogens (primary N) is 1. The predicted octanol–water partition coefficient (Wildman–Crippen LogP) is 1.54. The normalized spacial score (nSPS) is 9.88. The molecule has 0 radical (unpaired) electrons. The van der Waals surface area contributed by atoms with E-state index in [0.717, 1.165) is 0 Å². The number of amides is 1. The summed E-state index contributed by atoms with van der Waals surface area (Å²) in [5.74, 6) is -0.279. The lowest BCUT2D eigenvalue weighted by Crippen LogP contribution is -2.16. The van der Waals surface area contributed by atoms with E-state index in [4.69, 9.17) is 17.3 Å². The highest BCUT2D eigenvalue weighted by Gasteiger charge is 2.10. The second-order valence-electron chi connectivity index (χ2n) is 3.01. The minimum Gasteiger partial charge on any atom is -0.330 e. The molecule has 0 fully saturated rings. The maximum atomic E-state index is 11.2. The minimum atomic E-state index is -0.558. The Morgan fingerprint density at radius 3 is 2.75 bits per heavy atom. The molecule has 0 unspecified atom stereocenters. The fourth-order valence-corrected chi connectivity index (χ4v) is 1.28. The molecule has 0 aliphatic rings. The van der Waals surface area contributed by atoms with Crippen LogP contribution in [0.3, 0.4) is 0 Å². The van der Waals surface area contributed by atoms with Crippen molar-refractivity contribution in [2.75, 3.05) is 11.9 Å². The van der Waals surface area contributed by atoms with Crippen molar-refractivity contribution in [2.45, 2.75) is 6.42 Å². The SMILES string of the molecule is NCCC(=O)Nc1ccc([N+](=O)[O-])cc1Cl. The van der Waals surface area contributed by atoms with E-state index >= 15 is 0 Å². The maximum absolute atomic E-state index is 11.2. The first kappa shape index (κ1) is 12.4. The van der Waals surface area contributed by atoms with Gasteiger partial charge in [-0.3, -0.25) is 14.9 Å². The van der Waals surface area contributed by atoms with Crippen molar-refractivity contribution in [1.82, 2.24) is 0 Å². The zero-order chi connectivity index (χ0) is 12.1. The van der Waals surface area contributed by atoms with Crippen LogP contribution in [0.4, 0.5) is 11.4 Å². The van der Waals surface area contributed by atoms with E-state index in [-0.39, 0.29) is 29.6 Å². The van der Waals surface area contributed by atoms with Crippen LogP contribution < -0.4 is 11.1 Å². The van der Waals surface area contributed by atoms with Gasteiger partial charge in [-0.25, -0.2) is 0 Å². The van der Waals surface area contributed by atoms with Gasteiger partial charge in [0.25, 0.3) is 5.69 Å². The van der Waals surface area contributed by atoms with E-state index in [1.165, 1.54) is 18.2 Å². The minimum absolute atomic E-state index is 0.123. The van der Waals surface area contributed by atoms with Crippen molar-refractivity contribution in [1.29, 1.82) is 0 Å². The number of nitrogens with zero attached hydrogens (tertiary/aromatic N) is 1. The molecule has 0 aliphatic heterocycles. The van der Waals surface area contributed by atoms with E-state index in [1.807, 2.05) is 0 Å². The summed E-state index contributed by atoms with van der Waals surface area (Å²) in [5.41, 5.74) is 5.42. The van der Waals surface area contributed by atoms with Crippen molar-refractivity contribution < 1.29 is 9.72 Å². The highest BCUT2D eigenvalue weighted by Crippen LogP contribution is 2.26. The van der Waals surface area contributed by atoms with E-state index < -0.39 is 4.92 Å². The number of nitrogens with one attached hydrogen (secondary N) is 1. The van der Waals surface area contributed by atoms with Crippen LogP contribution in [0.15, 0.2) is 18.2 Å². The highest BCUT2D eigenvalue weighted by molar-refractivity contribution is 6.33. The molecule has 0 aromatic heterocycles. The van der Waals surface area contributed by atoms with Gasteiger partial charge >= 0.3 is 0 Å². The molecular formula is C9H10ClN3O3. The lowest BCUT2D eigenvalue weighted by atomic mass is 10.2. The van der Waals surface area contributed by atoms with Crippen LogP contribution in [-0.4, -0.2) is 17.4 Å². The standard InChI is InChI=1S/C9H10ClN3O3/c10-7-5-6(13(15)16)1-2-8(7)12-9(14)3-4-11/h1-2,5H,3-4,11H2,(H,12,14). The van der Waals surface area contributed by atoms with Crippen LogP contribution in [0, 0.1) is 10.1 Å². The van der Waals surface area contributed by atoms with Gasteiger partial charge in [0.05, 0.1) is 15.6 Å². The summed E-state index contributed by atoms with van der Waals surface area (Å²) in [6.45, 7) is 0.233. The van der Waals surface area contributed by atoms with E-state index in [9.17, 15) is 14.9 Å². The third-order valence-electron chi connectivity index (χ3n) is 1.81. The molecule has 0 aliphatic carbocycles. The Balaban J connectivity index is 2.83. The van der Waals surface area contributed by atoms with Gasteiger partial charge in [-0.2, -0.15) is 0 Å². The summed E-state index contributed by atoms with van der Waals surface area (Å²) < 4.78 is 0. The number of hydrogen-bond acceptors (Lipinski definition) is 4. The maximum Gasteiger partial charge on any atom is 0.271 e. The summed E-state index contributed by atoms with van der Waals surface area (Å²) in [7, 11) is 0. The van der Waals surface area contributed by atoms with E-state index in [1.54, 1.807) is 0 Å². The zero-order valence-electron chi connectivity index (χ0n) is 8.27. The topological polar surface area (TPSA) is 98.3 Å². The van der Waals surface area contributed by atoms with Gasteiger partial charge < -0.3 is 11.1 Å². The summed E-state index contributed by atoms with van der Waals surface area (Å²) in [6, 6.07) is 3.83. The van der Waals surface area contributed by atoms with Gasteiger partial charge in [0.15, 0.2) is 0 Å². The Morgan fingerprint density at radius 1 is 1.56 bits per heavy atom. The van der Waals surface area contributed by atoms with Gasteiger partial charge in [0, 0.05) is 25.1 Å². The van der Waals surface area contributed by atoms with Gasteiger partial charge in [-0.05, 0) is 6.07 Å². The first-order valence-electron chi connectivity index (χ1n) is 4.48. The Bertz CT molecular complexity index is 422. The van der Waals surface area contributed by atoms with E-state index in [0.29, 0.717) is 5.69 Å². The van der Waals surface area contributed by atoms with Crippen molar-refractivity contribution in [3.05, 3.63) is 33.3 Å². The lowest BCUT2D eigenvalue weighted by molar-refractivity contribution is -0.384. The van der Waals surface area contributed by atoms with Gasteiger partial charge in [0.2, 0.25) is 5.91 Å². The average Bonchev–Trinajstić information content (AvgIpc) is 2.21. The molecule has 1 amide bonds. The van der Waals surface area contributed by atoms with Crippen LogP contribution >= 0.6 is 11.6 Å². The molecule has 0 heterocycles. The fourth-order valence-electron chi connectivity index (χ4n) is 1.06. The molecule has 0 atom stereocenters. The summed E-state index contributed by atoms with van der Waals surface area (Å²) in [5, 5.41) is 13.1. The largest absolute Gasteiger partial charge is 0.330 e. The molecule has 0 saturated heterocycles. The van der Waals surface area contributed by atoms with Crippen LogP contribution in [0.25, 0.3) is 0 Å². The van der Waals surface area contributed by atoms with Gasteiger partial charge in [-0.15, -0.1) is 0 Å². The number of nitro groups is 1. The van der Waals surface area contributed by atoms with Crippen molar-refractivity contribution in [2.24, 2.45) is 5.73 Å². The first-order valence-corrected chi connectivity index (χ1v) is 4.86. The predicted molar refractivity (Wildman–Crippen MR) is 60.4 cm³/mol. The Kier molecular flexibility index (Phi) is 4.21. The number of carbonyl (C=O) groups excluding carboxylic acids is 1. The molecule has 7 heteroatoms. The molecule has 0 spiro atoms. The number of benzene rings is 1. The fraction of sp³-hybridized carbons (Fsp3) is 0.222. The molecule has 3 N–H and O–H groups in total. The first-order chi connectivity index (χ1) is 7.54. The molecular weight excluding hydrogens is 234 g/mol. The van der Waals surface area contributed by atoms with Crippen molar-refractivity contribution in [3.63, 3.8) is 0 Å². The monoisotopic (exact) mass is 243 g/mol. The Labute approximate surface area is 96.5 Å². The Hall–Kier alpha value is -1.66. The van der Waals surface area contributed by atoms with Crippen molar-refractivity contribution in [3.8, 4) is 0 Å². The molecule has 6 nitrogen and oxygen atoms in total. The van der Waals surface area contributed by atoms with Gasteiger partial charge in [-0.1, -0.05) is 11.6 Å². The number of rotatable bonds is 4. The Morgan fingerprint density at radius 2 is 2.25 bits per heavy atom. The molecule has 1 aromatic carbocycles. The van der Waals surface area contributed by atoms with E-state index in [2.05, 4.69) is 5.32 Å². The number of anilines is 1. The van der Waals surface area contributed by atoms with Crippen LogP contribution in [-0.2, 0) is 4.79 Å². The van der Waals surface area contributed by atoms with Crippen LogP contribution in [0.1, 0.15) is 6.42 Å². The smallest absolute Gasteiger partial charge is 0.271 e. The lowest BCUT2D eigenvalue weighted by Gasteiger charge is -2.05. The second-order valence-corrected chi connectivity index (χ2v) is 3.42. The highest BCUT2D eigenvalue weighted by atomic mass is 35.5. The summed E-state index contributed by atoms with van der Waals surface area (Å²) in [6.07, 6.45) is 0.174. The molecule has 1 rings (SSSR count). The molecule has 86 valence electrons. The molecule has 1 aromatic rings. The number of non-ortho nitro benzene ring substituents is 1. The summed E-state index contributed by atoms with van der Waals surface area (Å²) in [4.78, 5) is 21.1. The van der Waals surface area contributed by atoms with Crippen molar-refractivity contribution >= 4 is 28.9 Å². The summed E-state index contributed by atoms with van der Waals surface area (Å²) >= 11 is 5.77. The van der Waals surface area contributed by atoms with Crippen LogP contribution in [0.5, 0.6) is 0 Å². The number of halogens is 1. The third kappa shape index (κ3) is 3.18. The van der Waals surface area contributed by atoms with Gasteiger partial charge in [0.1, 0.15) is 0 Å². The number of nitro benzene ring substituents is 1. The quantitative estimate of drug-likeness (QED) is 0.619. The average molecular weight is 244 g/mol. The second kappa shape index (κ2) is 5.43. The molecule has 0 bridgehead atoms.